The van der Waals surface area contributed by atoms with Crippen LogP contribution in [0.3, 0.4) is 0 Å². The number of rotatable bonds is 6. The van der Waals surface area contributed by atoms with Gasteiger partial charge in [0.2, 0.25) is 0 Å². The molecule has 0 radical (unpaired) electrons. The lowest BCUT2D eigenvalue weighted by Crippen LogP contribution is -2.25. The second kappa shape index (κ2) is 6.25. The zero-order valence-corrected chi connectivity index (χ0v) is 13.2. The first kappa shape index (κ1) is 14.1. The molecule has 1 saturated carbocycles. The number of thiazole rings is 1. The zero-order chi connectivity index (χ0) is 13.9. The predicted octanol–water partition coefficient (Wildman–Crippen LogP) is 4.18. The minimum absolute atomic E-state index is 0.398. The van der Waals surface area contributed by atoms with Gasteiger partial charge >= 0.3 is 0 Å². The van der Waals surface area contributed by atoms with Crippen LogP contribution < -0.4 is 5.32 Å². The Hall–Kier alpha value is -0.900. The van der Waals surface area contributed by atoms with Crippen LogP contribution in [0, 0.1) is 6.92 Å². The molecule has 106 valence electrons. The summed E-state index contributed by atoms with van der Waals surface area (Å²) in [5.74, 6) is 0.398. The van der Waals surface area contributed by atoms with E-state index < -0.39 is 0 Å². The van der Waals surface area contributed by atoms with Crippen molar-refractivity contribution in [2.45, 2.75) is 38.1 Å². The molecule has 1 unspecified atom stereocenters. The molecule has 3 rings (SSSR count). The summed E-state index contributed by atoms with van der Waals surface area (Å²) >= 11 is 8.12. The van der Waals surface area contributed by atoms with Gasteiger partial charge in [0.05, 0.1) is 5.01 Å². The Labute approximate surface area is 129 Å². The van der Waals surface area contributed by atoms with Gasteiger partial charge in [-0.1, -0.05) is 29.8 Å². The van der Waals surface area contributed by atoms with Crippen molar-refractivity contribution >= 4 is 22.9 Å². The van der Waals surface area contributed by atoms with E-state index in [4.69, 9.17) is 11.6 Å². The van der Waals surface area contributed by atoms with Gasteiger partial charge in [-0.15, -0.1) is 11.3 Å². The van der Waals surface area contributed by atoms with Gasteiger partial charge in [0.15, 0.2) is 0 Å². The topological polar surface area (TPSA) is 24.9 Å². The number of nitrogens with zero attached hydrogens (tertiary/aromatic N) is 1. The third-order valence-electron chi connectivity index (χ3n) is 3.66. The second-order valence-electron chi connectivity index (χ2n) is 5.49. The van der Waals surface area contributed by atoms with Crippen LogP contribution in [-0.4, -0.2) is 17.6 Å². The van der Waals surface area contributed by atoms with Crippen molar-refractivity contribution < 1.29 is 0 Å². The number of hydrogen-bond donors (Lipinski definition) is 1. The molecule has 4 heteroatoms. The summed E-state index contributed by atoms with van der Waals surface area (Å²) in [6.07, 6.45) is 3.58. The van der Waals surface area contributed by atoms with Crippen LogP contribution in [0.2, 0.25) is 5.02 Å². The minimum Gasteiger partial charge on any atom is -0.313 e. The van der Waals surface area contributed by atoms with Crippen LogP contribution in [0.15, 0.2) is 29.6 Å². The summed E-state index contributed by atoms with van der Waals surface area (Å²) in [5.41, 5.74) is 2.34. The molecule has 0 aliphatic heterocycles. The Balaban J connectivity index is 1.77. The molecule has 1 aliphatic rings. The summed E-state index contributed by atoms with van der Waals surface area (Å²) in [4.78, 5) is 4.60. The highest BCUT2D eigenvalue weighted by molar-refractivity contribution is 7.09. The minimum atomic E-state index is 0.398. The highest BCUT2D eigenvalue weighted by Crippen LogP contribution is 2.29. The molecule has 0 bridgehead atoms. The van der Waals surface area contributed by atoms with E-state index in [-0.39, 0.29) is 0 Å². The van der Waals surface area contributed by atoms with Crippen LogP contribution in [0.25, 0.3) is 0 Å². The summed E-state index contributed by atoms with van der Waals surface area (Å²) in [6, 6.07) is 8.90. The van der Waals surface area contributed by atoms with Gasteiger partial charge in [-0.25, -0.2) is 4.98 Å². The van der Waals surface area contributed by atoms with Crippen molar-refractivity contribution in [2.24, 2.45) is 0 Å². The number of aromatic nitrogens is 1. The molecule has 1 fully saturated rings. The fraction of sp³-hybridized carbons (Fsp3) is 0.438. The average Bonchev–Trinajstić information content (AvgIpc) is 3.18. The van der Waals surface area contributed by atoms with Crippen LogP contribution in [0.5, 0.6) is 0 Å². The molecular formula is C16H19ClN2S. The molecule has 2 aromatic rings. The number of aryl methyl sites for hydroxylation is 1. The molecule has 0 saturated heterocycles. The molecule has 1 N–H and O–H groups in total. The van der Waals surface area contributed by atoms with E-state index >= 15 is 0 Å². The number of benzene rings is 1. The molecule has 2 nitrogen and oxygen atoms in total. The predicted molar refractivity (Wildman–Crippen MR) is 85.8 cm³/mol. The Bertz CT molecular complexity index is 577. The standard InChI is InChI=1S/C16H19ClN2S/c1-11-10-20-16(19-11)8-12(9-18-13-6-7-13)14-4-2-3-5-15(14)17/h2-5,10,12-13,18H,6-9H2,1H3. The average molecular weight is 307 g/mol. The first-order valence-corrected chi connectivity index (χ1v) is 8.37. The summed E-state index contributed by atoms with van der Waals surface area (Å²) < 4.78 is 0. The monoisotopic (exact) mass is 306 g/mol. The molecule has 20 heavy (non-hydrogen) atoms. The Morgan fingerprint density at radius 1 is 1.40 bits per heavy atom. The SMILES string of the molecule is Cc1csc(CC(CNC2CC2)c2ccccc2Cl)n1. The van der Waals surface area contributed by atoms with Gasteiger partial charge < -0.3 is 5.32 Å². The van der Waals surface area contributed by atoms with E-state index in [1.807, 2.05) is 19.1 Å². The molecule has 1 atom stereocenters. The van der Waals surface area contributed by atoms with E-state index in [0.717, 1.165) is 29.7 Å². The molecule has 0 amide bonds. The molecule has 1 aromatic carbocycles. The maximum Gasteiger partial charge on any atom is 0.0934 e. The Morgan fingerprint density at radius 2 is 2.20 bits per heavy atom. The van der Waals surface area contributed by atoms with Gasteiger partial charge in [0.1, 0.15) is 0 Å². The number of nitrogens with one attached hydrogen (secondary N) is 1. The first-order valence-electron chi connectivity index (χ1n) is 7.11. The van der Waals surface area contributed by atoms with Crippen molar-refractivity contribution in [3.63, 3.8) is 0 Å². The smallest absolute Gasteiger partial charge is 0.0934 e. The lowest BCUT2D eigenvalue weighted by molar-refractivity contribution is 0.576. The Kier molecular flexibility index (Phi) is 4.39. The second-order valence-corrected chi connectivity index (χ2v) is 6.84. The van der Waals surface area contributed by atoms with Crippen LogP contribution in [0.4, 0.5) is 0 Å². The summed E-state index contributed by atoms with van der Waals surface area (Å²) in [5, 5.41) is 7.81. The summed E-state index contributed by atoms with van der Waals surface area (Å²) in [6.45, 7) is 3.03. The maximum atomic E-state index is 6.38. The van der Waals surface area contributed by atoms with Crippen molar-refractivity contribution in [3.05, 3.63) is 50.9 Å². The summed E-state index contributed by atoms with van der Waals surface area (Å²) in [7, 11) is 0. The number of halogens is 1. The van der Waals surface area contributed by atoms with Gasteiger partial charge in [0.25, 0.3) is 0 Å². The van der Waals surface area contributed by atoms with Gasteiger partial charge in [-0.3, -0.25) is 0 Å². The van der Waals surface area contributed by atoms with Crippen LogP contribution in [-0.2, 0) is 6.42 Å². The lowest BCUT2D eigenvalue weighted by atomic mass is 9.95. The van der Waals surface area contributed by atoms with Crippen molar-refractivity contribution in [1.82, 2.24) is 10.3 Å². The van der Waals surface area contributed by atoms with E-state index in [2.05, 4.69) is 27.8 Å². The first-order chi connectivity index (χ1) is 9.72. The van der Waals surface area contributed by atoms with Gasteiger partial charge in [-0.05, 0) is 31.4 Å². The van der Waals surface area contributed by atoms with Crippen molar-refractivity contribution in [2.75, 3.05) is 6.54 Å². The fourth-order valence-corrected chi connectivity index (χ4v) is 3.55. The third kappa shape index (κ3) is 3.60. The quantitative estimate of drug-likeness (QED) is 0.866. The molecule has 1 aromatic heterocycles. The molecule has 0 spiro atoms. The lowest BCUT2D eigenvalue weighted by Gasteiger charge is -2.18. The normalized spacial score (nSPS) is 16.3. The molecule has 1 heterocycles. The van der Waals surface area contributed by atoms with E-state index in [1.165, 1.54) is 23.4 Å². The van der Waals surface area contributed by atoms with E-state index in [1.54, 1.807) is 11.3 Å². The van der Waals surface area contributed by atoms with Crippen molar-refractivity contribution in [3.8, 4) is 0 Å². The van der Waals surface area contributed by atoms with Crippen molar-refractivity contribution in [1.29, 1.82) is 0 Å². The molecular weight excluding hydrogens is 288 g/mol. The van der Waals surface area contributed by atoms with Crippen LogP contribution in [0.1, 0.15) is 35.0 Å². The zero-order valence-electron chi connectivity index (χ0n) is 11.6. The number of hydrogen-bond acceptors (Lipinski definition) is 3. The highest BCUT2D eigenvalue weighted by Gasteiger charge is 2.24. The largest absolute Gasteiger partial charge is 0.313 e. The van der Waals surface area contributed by atoms with Gasteiger partial charge in [-0.2, -0.15) is 0 Å². The third-order valence-corrected chi connectivity index (χ3v) is 5.00. The fourth-order valence-electron chi connectivity index (χ4n) is 2.40. The van der Waals surface area contributed by atoms with Crippen LogP contribution >= 0.6 is 22.9 Å². The van der Waals surface area contributed by atoms with Gasteiger partial charge in [0, 0.05) is 41.0 Å². The highest BCUT2D eigenvalue weighted by atomic mass is 35.5. The molecule has 1 aliphatic carbocycles. The van der Waals surface area contributed by atoms with E-state index in [9.17, 15) is 0 Å². The van der Waals surface area contributed by atoms with E-state index in [0.29, 0.717) is 5.92 Å². The Morgan fingerprint density at radius 3 is 2.85 bits per heavy atom. The maximum absolute atomic E-state index is 6.38.